The van der Waals surface area contributed by atoms with Gasteiger partial charge in [0.2, 0.25) is 0 Å². The maximum absolute atomic E-state index is 2.26. The van der Waals surface area contributed by atoms with Gasteiger partial charge in [-0.2, -0.15) is 0 Å². The van der Waals surface area contributed by atoms with E-state index in [1.165, 1.54) is 0 Å². The van der Waals surface area contributed by atoms with Gasteiger partial charge in [-0.1, -0.05) is 39.7 Å². The third-order valence-electron chi connectivity index (χ3n) is 1.73. The lowest BCUT2D eigenvalue weighted by Crippen LogP contribution is -2.16. The van der Waals surface area contributed by atoms with Crippen molar-refractivity contribution in [1.29, 1.82) is 0 Å². The standard InChI is InChI=1S/C6H15B/c1-6(2,3)7(4)5/h1-5H3. The molecule has 7 heavy (non-hydrogen) atoms. The smallest absolute Gasteiger partial charge is 0.0859 e. The van der Waals surface area contributed by atoms with Gasteiger partial charge < -0.3 is 0 Å². The molecule has 0 bridgehead atoms. The van der Waals surface area contributed by atoms with Crippen LogP contribution >= 0.6 is 0 Å². The van der Waals surface area contributed by atoms with Crippen LogP contribution in [0.3, 0.4) is 0 Å². The molecule has 0 heterocycles. The van der Waals surface area contributed by atoms with Gasteiger partial charge in [-0.3, -0.25) is 0 Å². The number of hydrogen-bond donors (Lipinski definition) is 0. The predicted octanol–water partition coefficient (Wildman–Crippen LogP) is 2.54. The molecule has 0 atom stereocenters. The van der Waals surface area contributed by atoms with Crippen molar-refractivity contribution in [3.05, 3.63) is 0 Å². The van der Waals surface area contributed by atoms with E-state index >= 15 is 0 Å². The molecule has 0 aromatic rings. The summed E-state index contributed by atoms with van der Waals surface area (Å²) < 4.78 is 0. The van der Waals surface area contributed by atoms with Crippen molar-refractivity contribution in [2.45, 2.75) is 39.7 Å². The van der Waals surface area contributed by atoms with Crippen LogP contribution in [0.15, 0.2) is 0 Å². The molecule has 0 aliphatic heterocycles. The van der Waals surface area contributed by atoms with Crippen molar-refractivity contribution < 1.29 is 0 Å². The van der Waals surface area contributed by atoms with Gasteiger partial charge in [-0.15, -0.1) is 0 Å². The average Bonchev–Trinajstić information content (AvgIpc) is 1.31. The molecule has 0 N–H and O–H groups in total. The molecule has 0 aliphatic carbocycles. The Morgan fingerprint density at radius 3 is 1.14 bits per heavy atom. The fraction of sp³-hybridized carbons (Fsp3) is 1.00. The normalized spacial score (nSPS) is 11.6. The van der Waals surface area contributed by atoms with Crippen molar-refractivity contribution >= 4 is 6.71 Å². The molecule has 0 saturated heterocycles. The minimum atomic E-state index is 0.500. The van der Waals surface area contributed by atoms with Crippen LogP contribution in [-0.2, 0) is 0 Å². The monoisotopic (exact) mass is 98.1 g/mol. The van der Waals surface area contributed by atoms with Gasteiger partial charge in [0.25, 0.3) is 0 Å². The quantitative estimate of drug-likeness (QED) is 0.408. The molecule has 0 aliphatic rings. The molecule has 0 radical (unpaired) electrons. The second-order valence-electron chi connectivity index (χ2n) is 3.52. The summed E-state index contributed by atoms with van der Waals surface area (Å²) in [7, 11) is 0. The summed E-state index contributed by atoms with van der Waals surface area (Å²) in [6.07, 6.45) is 0. The van der Waals surface area contributed by atoms with Gasteiger partial charge in [0.05, 0.1) is 0 Å². The zero-order valence-corrected chi connectivity index (χ0v) is 6.08. The largest absolute Gasteiger partial charge is 0.139 e. The Hall–Kier alpha value is 0.0649. The molecule has 0 rings (SSSR count). The van der Waals surface area contributed by atoms with Gasteiger partial charge in [-0.25, -0.2) is 0 Å². The van der Waals surface area contributed by atoms with Crippen molar-refractivity contribution in [3.8, 4) is 0 Å². The van der Waals surface area contributed by atoms with Crippen LogP contribution in [0.2, 0.25) is 19.0 Å². The zero-order valence-electron chi connectivity index (χ0n) is 6.08. The minimum absolute atomic E-state index is 0.500. The maximum atomic E-state index is 2.26. The summed E-state index contributed by atoms with van der Waals surface area (Å²) in [5.41, 5.74) is 0. The van der Waals surface area contributed by atoms with E-state index in [-0.39, 0.29) is 0 Å². The summed E-state index contributed by atoms with van der Waals surface area (Å²) in [4.78, 5) is 0. The van der Waals surface area contributed by atoms with Crippen LogP contribution in [0.4, 0.5) is 0 Å². The molecular formula is C6H15B. The fourth-order valence-electron chi connectivity index (χ4n) is 0. The predicted molar refractivity (Wildman–Crippen MR) is 37.2 cm³/mol. The molecular weight excluding hydrogens is 82.9 g/mol. The first-order valence-corrected chi connectivity index (χ1v) is 2.94. The molecule has 0 aromatic carbocycles. The summed E-state index contributed by atoms with van der Waals surface area (Å²) in [5.74, 6) is 0. The SMILES string of the molecule is CB(C)C(C)(C)C. The molecule has 0 amide bonds. The van der Waals surface area contributed by atoms with Crippen LogP contribution in [0, 0.1) is 0 Å². The zero-order chi connectivity index (χ0) is 6.08. The molecule has 0 spiro atoms. The minimum Gasteiger partial charge on any atom is -0.0859 e. The molecule has 0 saturated carbocycles. The van der Waals surface area contributed by atoms with E-state index in [9.17, 15) is 0 Å². The van der Waals surface area contributed by atoms with Gasteiger partial charge >= 0.3 is 0 Å². The van der Waals surface area contributed by atoms with Crippen molar-refractivity contribution in [3.63, 3.8) is 0 Å². The Morgan fingerprint density at radius 2 is 1.14 bits per heavy atom. The van der Waals surface area contributed by atoms with Gasteiger partial charge in [-0.05, 0) is 0 Å². The lowest BCUT2D eigenvalue weighted by atomic mass is 9.38. The Kier molecular flexibility index (Phi) is 1.91. The van der Waals surface area contributed by atoms with E-state index < -0.39 is 0 Å². The third kappa shape index (κ3) is 2.72. The molecule has 0 unspecified atom stereocenters. The molecule has 1 heteroatoms. The Balaban J connectivity index is 3.54. The van der Waals surface area contributed by atoms with Crippen molar-refractivity contribution in [1.82, 2.24) is 0 Å². The molecule has 0 nitrogen and oxygen atoms in total. The van der Waals surface area contributed by atoms with E-state index in [4.69, 9.17) is 0 Å². The highest BCUT2D eigenvalue weighted by molar-refractivity contribution is 6.59. The number of hydrogen-bond acceptors (Lipinski definition) is 0. The summed E-state index contributed by atoms with van der Waals surface area (Å²) >= 11 is 0. The van der Waals surface area contributed by atoms with E-state index in [2.05, 4.69) is 34.4 Å². The Bertz CT molecular complexity index is 49.7. The molecule has 42 valence electrons. The molecule has 0 aromatic heterocycles. The van der Waals surface area contributed by atoms with Crippen LogP contribution in [-0.4, -0.2) is 6.71 Å². The summed E-state index contributed by atoms with van der Waals surface area (Å²) in [6, 6.07) is 0. The van der Waals surface area contributed by atoms with E-state index in [1.807, 2.05) is 0 Å². The second kappa shape index (κ2) is 1.89. The van der Waals surface area contributed by atoms with E-state index in [0.29, 0.717) is 5.31 Å². The third-order valence-corrected chi connectivity index (χ3v) is 1.73. The second-order valence-corrected chi connectivity index (χ2v) is 3.52. The summed E-state index contributed by atoms with van der Waals surface area (Å²) in [6.45, 7) is 12.1. The van der Waals surface area contributed by atoms with Crippen LogP contribution < -0.4 is 0 Å². The first-order valence-electron chi connectivity index (χ1n) is 2.94. The van der Waals surface area contributed by atoms with Crippen molar-refractivity contribution in [2.24, 2.45) is 0 Å². The first-order chi connectivity index (χ1) is 2.94. The maximum Gasteiger partial charge on any atom is 0.139 e. The Labute approximate surface area is 47.4 Å². The van der Waals surface area contributed by atoms with E-state index in [1.54, 1.807) is 0 Å². The topological polar surface area (TPSA) is 0 Å². The van der Waals surface area contributed by atoms with E-state index in [0.717, 1.165) is 6.71 Å². The summed E-state index contributed by atoms with van der Waals surface area (Å²) in [5, 5.41) is 0.500. The lowest BCUT2D eigenvalue weighted by molar-refractivity contribution is 0.742. The first kappa shape index (κ1) is 7.06. The van der Waals surface area contributed by atoms with Crippen LogP contribution in [0.1, 0.15) is 20.8 Å². The lowest BCUT2D eigenvalue weighted by Gasteiger charge is -2.19. The highest BCUT2D eigenvalue weighted by Gasteiger charge is 2.17. The highest BCUT2D eigenvalue weighted by atomic mass is 14.0. The fourth-order valence-corrected chi connectivity index (χ4v) is 0. The van der Waals surface area contributed by atoms with Crippen LogP contribution in [0.5, 0.6) is 0 Å². The van der Waals surface area contributed by atoms with Gasteiger partial charge in [0.15, 0.2) is 0 Å². The number of rotatable bonds is 0. The average molecular weight is 98.0 g/mol. The molecule has 0 fully saturated rings. The van der Waals surface area contributed by atoms with Crippen LogP contribution in [0.25, 0.3) is 0 Å². The Morgan fingerprint density at radius 1 is 1.00 bits per heavy atom. The van der Waals surface area contributed by atoms with Crippen molar-refractivity contribution in [2.75, 3.05) is 0 Å². The highest BCUT2D eigenvalue weighted by Crippen LogP contribution is 2.25. The van der Waals surface area contributed by atoms with Gasteiger partial charge in [0.1, 0.15) is 6.71 Å². The van der Waals surface area contributed by atoms with Gasteiger partial charge in [0, 0.05) is 0 Å².